The molecule has 0 aromatic heterocycles. The predicted octanol–water partition coefficient (Wildman–Crippen LogP) is -2.43. The molecule has 2 aliphatic rings. The van der Waals surface area contributed by atoms with Crippen LogP contribution < -0.4 is 5.32 Å². The summed E-state index contributed by atoms with van der Waals surface area (Å²) in [5, 5.41) is 40.9. The molecule has 2 aliphatic heterocycles. The van der Waals surface area contributed by atoms with Gasteiger partial charge in [-0.25, -0.2) is 0 Å². The van der Waals surface area contributed by atoms with Crippen molar-refractivity contribution in [3.05, 3.63) is 0 Å². The number of piperidine rings is 1. The van der Waals surface area contributed by atoms with E-state index in [1.54, 1.807) is 0 Å². The third-order valence-corrected chi connectivity index (χ3v) is 3.33. The zero-order chi connectivity index (χ0) is 9.64. The van der Waals surface area contributed by atoms with Gasteiger partial charge in [0.2, 0.25) is 0 Å². The molecule has 5 atom stereocenters. The largest absolute Gasteiger partial charge is 0.394 e. The van der Waals surface area contributed by atoms with Crippen LogP contribution in [0.2, 0.25) is 0 Å². The molecule has 0 unspecified atom stereocenters. The van der Waals surface area contributed by atoms with E-state index in [4.69, 9.17) is 5.11 Å². The zero-order valence-corrected chi connectivity index (χ0v) is 7.22. The van der Waals surface area contributed by atoms with Crippen LogP contribution in [0.5, 0.6) is 0 Å². The molecule has 5 heteroatoms. The van der Waals surface area contributed by atoms with Crippen LogP contribution in [0.15, 0.2) is 0 Å². The Hall–Kier alpha value is -0.200. The van der Waals surface area contributed by atoms with Crippen molar-refractivity contribution in [1.82, 2.24) is 5.32 Å². The topological polar surface area (TPSA) is 93.0 Å². The van der Waals surface area contributed by atoms with Crippen LogP contribution in [0.25, 0.3) is 0 Å². The molecule has 0 aliphatic carbocycles. The Kier molecular flexibility index (Phi) is 2.08. The maximum atomic E-state index is 9.66. The molecule has 2 heterocycles. The highest BCUT2D eigenvalue weighted by atomic mass is 16.3. The Morgan fingerprint density at radius 3 is 2.46 bits per heavy atom. The first-order valence-electron chi connectivity index (χ1n) is 4.54. The lowest BCUT2D eigenvalue weighted by atomic mass is 9.86. The number of hydrogen-bond donors (Lipinski definition) is 5. The maximum absolute atomic E-state index is 9.66. The normalized spacial score (nSPS) is 55.4. The van der Waals surface area contributed by atoms with E-state index in [0.717, 1.165) is 0 Å². The molecular formula is C8H15NO4. The number of rotatable bonds is 1. The van der Waals surface area contributed by atoms with Crippen molar-refractivity contribution < 1.29 is 20.4 Å². The minimum atomic E-state index is -1.11. The highest BCUT2D eigenvalue weighted by Gasteiger charge is 2.58. The fourth-order valence-electron chi connectivity index (χ4n) is 2.42. The lowest BCUT2D eigenvalue weighted by Crippen LogP contribution is -2.63. The highest BCUT2D eigenvalue weighted by molar-refractivity contribution is 5.15. The molecule has 0 amide bonds. The molecule has 0 aromatic rings. The van der Waals surface area contributed by atoms with Gasteiger partial charge in [0.15, 0.2) is 0 Å². The number of hydrogen-bond acceptors (Lipinski definition) is 5. The van der Waals surface area contributed by atoms with Crippen molar-refractivity contribution >= 4 is 0 Å². The van der Waals surface area contributed by atoms with E-state index in [9.17, 15) is 15.3 Å². The van der Waals surface area contributed by atoms with E-state index < -0.39 is 23.9 Å². The van der Waals surface area contributed by atoms with Gasteiger partial charge in [0.05, 0.1) is 24.4 Å². The molecule has 0 aromatic carbocycles. The first-order chi connectivity index (χ1) is 6.12. The monoisotopic (exact) mass is 189 g/mol. The molecule has 13 heavy (non-hydrogen) atoms. The number of aliphatic hydroxyl groups excluding tert-OH is 4. The van der Waals surface area contributed by atoms with E-state index in [-0.39, 0.29) is 12.6 Å². The SMILES string of the molecule is OC[C@]12N[C@H](CC[C@@H]1O)[C@@H](O)[C@@H]2O. The van der Waals surface area contributed by atoms with E-state index in [2.05, 4.69) is 5.32 Å². The number of aliphatic hydroxyl groups is 4. The van der Waals surface area contributed by atoms with Crippen LogP contribution in [0.3, 0.4) is 0 Å². The molecular weight excluding hydrogens is 174 g/mol. The first-order valence-corrected chi connectivity index (χ1v) is 4.54. The second-order valence-corrected chi connectivity index (χ2v) is 3.98. The summed E-state index contributed by atoms with van der Waals surface area (Å²) in [5.74, 6) is 0. The average Bonchev–Trinajstić information content (AvgIpc) is 2.36. The lowest BCUT2D eigenvalue weighted by Gasteiger charge is -2.38. The molecule has 5 nitrogen and oxygen atoms in total. The van der Waals surface area contributed by atoms with Gasteiger partial charge >= 0.3 is 0 Å². The van der Waals surface area contributed by atoms with Crippen LogP contribution >= 0.6 is 0 Å². The van der Waals surface area contributed by atoms with Gasteiger partial charge in [0.1, 0.15) is 6.10 Å². The lowest BCUT2D eigenvalue weighted by molar-refractivity contribution is -0.0640. The molecule has 0 radical (unpaired) electrons. The van der Waals surface area contributed by atoms with Gasteiger partial charge in [0.25, 0.3) is 0 Å². The predicted molar refractivity (Wildman–Crippen MR) is 44.0 cm³/mol. The molecule has 2 fully saturated rings. The van der Waals surface area contributed by atoms with Gasteiger partial charge in [-0.1, -0.05) is 0 Å². The summed E-state index contributed by atoms with van der Waals surface area (Å²) in [7, 11) is 0. The molecule has 2 rings (SSSR count). The minimum Gasteiger partial charge on any atom is -0.394 e. The molecule has 76 valence electrons. The number of fused-ring (bicyclic) bond motifs is 2. The van der Waals surface area contributed by atoms with Gasteiger partial charge in [-0.3, -0.25) is 5.32 Å². The Morgan fingerprint density at radius 2 is 1.92 bits per heavy atom. The summed E-state index contributed by atoms with van der Waals surface area (Å²) in [5.41, 5.74) is -1.11. The van der Waals surface area contributed by atoms with E-state index in [1.165, 1.54) is 0 Å². The summed E-state index contributed by atoms with van der Waals surface area (Å²) in [6.07, 6.45) is -1.63. The van der Waals surface area contributed by atoms with Gasteiger partial charge in [-0.05, 0) is 12.8 Å². The molecule has 0 saturated carbocycles. The van der Waals surface area contributed by atoms with Crippen molar-refractivity contribution in [3.63, 3.8) is 0 Å². The Bertz CT molecular complexity index is 212. The summed E-state index contributed by atoms with van der Waals surface area (Å²) < 4.78 is 0. The summed E-state index contributed by atoms with van der Waals surface area (Å²) in [6, 6.07) is -0.203. The van der Waals surface area contributed by atoms with Gasteiger partial charge in [0, 0.05) is 6.04 Å². The van der Waals surface area contributed by atoms with E-state index >= 15 is 0 Å². The van der Waals surface area contributed by atoms with Gasteiger partial charge in [-0.15, -0.1) is 0 Å². The average molecular weight is 189 g/mol. The van der Waals surface area contributed by atoms with Crippen LogP contribution in [-0.2, 0) is 0 Å². The van der Waals surface area contributed by atoms with Crippen LogP contribution in [0, 0.1) is 0 Å². The molecule has 2 bridgehead atoms. The summed E-state index contributed by atoms with van der Waals surface area (Å²) in [6.45, 7) is -0.358. The summed E-state index contributed by atoms with van der Waals surface area (Å²) >= 11 is 0. The smallest absolute Gasteiger partial charge is 0.104 e. The van der Waals surface area contributed by atoms with Gasteiger partial charge < -0.3 is 20.4 Å². The van der Waals surface area contributed by atoms with Crippen molar-refractivity contribution in [3.8, 4) is 0 Å². The zero-order valence-electron chi connectivity index (χ0n) is 7.22. The molecule has 2 saturated heterocycles. The third-order valence-electron chi connectivity index (χ3n) is 3.33. The van der Waals surface area contributed by atoms with Crippen LogP contribution in [0.1, 0.15) is 12.8 Å². The Morgan fingerprint density at radius 1 is 1.23 bits per heavy atom. The first kappa shape index (κ1) is 9.36. The van der Waals surface area contributed by atoms with Crippen molar-refractivity contribution in [1.29, 1.82) is 0 Å². The van der Waals surface area contributed by atoms with E-state index in [1.807, 2.05) is 0 Å². The van der Waals surface area contributed by atoms with Crippen LogP contribution in [-0.4, -0.2) is 56.9 Å². The minimum absolute atomic E-state index is 0.203. The molecule has 0 spiro atoms. The van der Waals surface area contributed by atoms with E-state index in [0.29, 0.717) is 12.8 Å². The number of nitrogens with one attached hydrogen (secondary N) is 1. The third kappa shape index (κ3) is 1.05. The fraction of sp³-hybridized carbons (Fsp3) is 1.00. The van der Waals surface area contributed by atoms with Gasteiger partial charge in [-0.2, -0.15) is 0 Å². The van der Waals surface area contributed by atoms with Crippen molar-refractivity contribution in [2.24, 2.45) is 0 Å². The van der Waals surface area contributed by atoms with Crippen molar-refractivity contribution in [2.75, 3.05) is 6.61 Å². The maximum Gasteiger partial charge on any atom is 0.104 e. The van der Waals surface area contributed by atoms with Crippen LogP contribution in [0.4, 0.5) is 0 Å². The standard InChI is InChI=1S/C8H15NO4/c10-3-8-5(11)2-1-4(9-8)6(12)7(8)13/h4-7,9-13H,1-3H2/t4-,5+,6-,7+,8+/m1/s1. The second-order valence-electron chi connectivity index (χ2n) is 3.98. The van der Waals surface area contributed by atoms with Crippen molar-refractivity contribution in [2.45, 2.75) is 42.7 Å². The highest BCUT2D eigenvalue weighted by Crippen LogP contribution is 2.36. The fourth-order valence-corrected chi connectivity index (χ4v) is 2.42. The second kappa shape index (κ2) is 2.90. The summed E-state index contributed by atoms with van der Waals surface area (Å²) in [4.78, 5) is 0. The Labute approximate surface area is 76.0 Å². The molecule has 5 N–H and O–H groups in total. The quantitative estimate of drug-likeness (QED) is 0.316. The Balaban J connectivity index is 2.30.